The Hall–Kier alpha value is -4.46. The van der Waals surface area contributed by atoms with Crippen LogP contribution in [0.25, 0.3) is 22.5 Å². The van der Waals surface area contributed by atoms with E-state index in [1.54, 1.807) is 6.20 Å². The van der Waals surface area contributed by atoms with Gasteiger partial charge in [-0.3, -0.25) is 4.98 Å². The van der Waals surface area contributed by atoms with Gasteiger partial charge in [0.25, 0.3) is 0 Å². The summed E-state index contributed by atoms with van der Waals surface area (Å²) in [5, 5.41) is 14.5. The quantitative estimate of drug-likeness (QED) is 0.354. The molecule has 0 bridgehead atoms. The van der Waals surface area contributed by atoms with Crippen molar-refractivity contribution in [3.05, 3.63) is 101 Å². The zero-order valence-corrected chi connectivity index (χ0v) is 19.6. The summed E-state index contributed by atoms with van der Waals surface area (Å²) in [5.41, 5.74) is 7.02. The number of nitrogens with zero attached hydrogens (tertiary/aromatic N) is 6. The molecular weight excluding hydrogens is 438 g/mol. The van der Waals surface area contributed by atoms with Gasteiger partial charge in [0.15, 0.2) is 0 Å². The lowest BCUT2D eigenvalue weighted by Crippen LogP contribution is -2.09. The maximum absolute atomic E-state index is 6.24. The maximum Gasteiger partial charge on any atom is 0.220 e. The van der Waals surface area contributed by atoms with Crippen molar-refractivity contribution in [1.82, 2.24) is 35.6 Å². The summed E-state index contributed by atoms with van der Waals surface area (Å²) in [5.74, 6) is 1.89. The number of ether oxygens (including phenoxy) is 1. The molecule has 0 saturated carbocycles. The van der Waals surface area contributed by atoms with Gasteiger partial charge in [-0.25, -0.2) is 4.98 Å². The van der Waals surface area contributed by atoms with E-state index in [-0.39, 0.29) is 0 Å². The van der Waals surface area contributed by atoms with E-state index in [1.165, 1.54) is 0 Å². The minimum absolute atomic E-state index is 0.404. The lowest BCUT2D eigenvalue weighted by molar-refractivity contribution is 0.288. The third-order valence-electron chi connectivity index (χ3n) is 5.74. The van der Waals surface area contributed by atoms with Crippen LogP contribution >= 0.6 is 0 Å². The van der Waals surface area contributed by atoms with Gasteiger partial charge in [0.1, 0.15) is 12.4 Å². The number of rotatable bonds is 8. The molecular formula is C27H25N7O. The van der Waals surface area contributed by atoms with Crippen molar-refractivity contribution >= 4 is 0 Å². The second-order valence-electron chi connectivity index (χ2n) is 8.12. The molecule has 35 heavy (non-hydrogen) atoms. The highest BCUT2D eigenvalue weighted by Gasteiger charge is 2.15. The van der Waals surface area contributed by atoms with Gasteiger partial charge in [0.2, 0.25) is 11.7 Å². The fourth-order valence-corrected chi connectivity index (χ4v) is 4.04. The van der Waals surface area contributed by atoms with Crippen molar-refractivity contribution in [3.8, 4) is 28.4 Å². The van der Waals surface area contributed by atoms with E-state index < -0.39 is 0 Å². The first kappa shape index (κ1) is 22.3. The summed E-state index contributed by atoms with van der Waals surface area (Å²) in [6.07, 6.45) is 3.23. The topological polar surface area (TPSA) is 102 Å². The van der Waals surface area contributed by atoms with Crippen molar-refractivity contribution in [3.63, 3.8) is 0 Å². The number of benzene rings is 2. The minimum Gasteiger partial charge on any atom is -0.472 e. The molecule has 1 N–H and O–H groups in total. The standard InChI is InChI=1S/C27H25N7O/c1-3-25-24(16-21-8-6-7-15-28-21)27(30-18(2)29-25)35-17-19-11-13-20(14-12-19)22-9-4-5-10-23(22)26-31-33-34-32-26/h4-15H,3,16-17H2,1-2H3,(H,31,32,33,34). The molecule has 0 radical (unpaired) electrons. The molecule has 3 heterocycles. The summed E-state index contributed by atoms with van der Waals surface area (Å²) in [7, 11) is 0. The van der Waals surface area contributed by atoms with Crippen LogP contribution in [-0.2, 0) is 19.4 Å². The molecule has 0 fully saturated rings. The molecule has 2 aromatic carbocycles. The van der Waals surface area contributed by atoms with Crippen LogP contribution in [0.4, 0.5) is 0 Å². The number of aromatic amines is 1. The van der Waals surface area contributed by atoms with Crippen LogP contribution < -0.4 is 4.74 Å². The number of aryl methyl sites for hydroxylation is 2. The summed E-state index contributed by atoms with van der Waals surface area (Å²) in [6, 6.07) is 22.2. The molecule has 8 heteroatoms. The Kier molecular flexibility index (Phi) is 6.52. The van der Waals surface area contributed by atoms with Gasteiger partial charge in [-0.15, -0.1) is 10.2 Å². The first-order chi connectivity index (χ1) is 17.2. The van der Waals surface area contributed by atoms with Gasteiger partial charge in [-0.05, 0) is 47.4 Å². The Morgan fingerprint density at radius 1 is 0.886 bits per heavy atom. The van der Waals surface area contributed by atoms with Crippen LogP contribution in [0.1, 0.15) is 35.3 Å². The normalized spacial score (nSPS) is 10.9. The number of hydrogen-bond donors (Lipinski definition) is 1. The van der Waals surface area contributed by atoms with Crippen LogP contribution in [0.15, 0.2) is 72.9 Å². The van der Waals surface area contributed by atoms with E-state index in [2.05, 4.69) is 72.8 Å². The second kappa shape index (κ2) is 10.2. The predicted molar refractivity (Wildman–Crippen MR) is 133 cm³/mol. The molecule has 0 saturated heterocycles. The maximum atomic E-state index is 6.24. The zero-order chi connectivity index (χ0) is 24.0. The van der Waals surface area contributed by atoms with Crippen LogP contribution in [0, 0.1) is 6.92 Å². The number of nitrogens with one attached hydrogen (secondary N) is 1. The van der Waals surface area contributed by atoms with Gasteiger partial charge >= 0.3 is 0 Å². The Balaban J connectivity index is 1.37. The first-order valence-corrected chi connectivity index (χ1v) is 11.5. The van der Waals surface area contributed by atoms with Crippen LogP contribution in [0.3, 0.4) is 0 Å². The molecule has 5 rings (SSSR count). The molecule has 174 valence electrons. The number of pyridine rings is 1. The molecule has 5 aromatic rings. The summed E-state index contributed by atoms with van der Waals surface area (Å²) < 4.78 is 6.24. The van der Waals surface area contributed by atoms with E-state index in [0.717, 1.165) is 45.6 Å². The van der Waals surface area contributed by atoms with Crippen LogP contribution in [0.5, 0.6) is 5.88 Å². The fraction of sp³-hybridized carbons (Fsp3) is 0.185. The molecule has 0 aliphatic rings. The Morgan fingerprint density at radius 3 is 2.40 bits per heavy atom. The van der Waals surface area contributed by atoms with Crippen LogP contribution in [-0.4, -0.2) is 35.6 Å². The highest BCUT2D eigenvalue weighted by atomic mass is 16.5. The SMILES string of the molecule is CCc1nc(C)nc(OCc2ccc(-c3ccccc3-c3nn[nH]n3)cc2)c1Cc1ccccn1. The lowest BCUT2D eigenvalue weighted by atomic mass is 9.98. The van der Waals surface area contributed by atoms with E-state index in [0.29, 0.717) is 30.6 Å². The third-order valence-corrected chi connectivity index (χ3v) is 5.74. The second-order valence-corrected chi connectivity index (χ2v) is 8.12. The highest BCUT2D eigenvalue weighted by Crippen LogP contribution is 2.30. The van der Waals surface area contributed by atoms with Crippen LogP contribution in [0.2, 0.25) is 0 Å². The summed E-state index contributed by atoms with van der Waals surface area (Å²) in [4.78, 5) is 13.7. The minimum atomic E-state index is 0.404. The van der Waals surface area contributed by atoms with Gasteiger partial charge in [-0.2, -0.15) is 10.2 Å². The average molecular weight is 464 g/mol. The van der Waals surface area contributed by atoms with Crippen molar-refractivity contribution in [1.29, 1.82) is 0 Å². The fourth-order valence-electron chi connectivity index (χ4n) is 4.04. The first-order valence-electron chi connectivity index (χ1n) is 11.5. The van der Waals surface area contributed by atoms with Crippen molar-refractivity contribution in [2.45, 2.75) is 33.3 Å². The predicted octanol–water partition coefficient (Wildman–Crippen LogP) is 4.76. The van der Waals surface area contributed by atoms with E-state index in [1.807, 2.05) is 43.3 Å². The zero-order valence-electron chi connectivity index (χ0n) is 19.6. The third kappa shape index (κ3) is 5.06. The van der Waals surface area contributed by atoms with Crippen molar-refractivity contribution in [2.24, 2.45) is 0 Å². The summed E-state index contributed by atoms with van der Waals surface area (Å²) in [6.45, 7) is 4.40. The molecule has 0 amide bonds. The van der Waals surface area contributed by atoms with E-state index >= 15 is 0 Å². The van der Waals surface area contributed by atoms with Crippen molar-refractivity contribution < 1.29 is 4.74 Å². The van der Waals surface area contributed by atoms with Crippen molar-refractivity contribution in [2.75, 3.05) is 0 Å². The van der Waals surface area contributed by atoms with Gasteiger partial charge in [-0.1, -0.05) is 61.5 Å². The lowest BCUT2D eigenvalue weighted by Gasteiger charge is -2.15. The average Bonchev–Trinajstić information content (AvgIpc) is 3.44. The van der Waals surface area contributed by atoms with Gasteiger partial charge in [0, 0.05) is 29.4 Å². The number of tetrazole rings is 1. The molecule has 0 aliphatic carbocycles. The number of H-pyrrole nitrogens is 1. The number of aromatic nitrogens is 7. The van der Waals surface area contributed by atoms with Gasteiger partial charge < -0.3 is 4.74 Å². The molecule has 0 aliphatic heterocycles. The molecule has 0 atom stereocenters. The Morgan fingerprint density at radius 2 is 1.69 bits per heavy atom. The monoisotopic (exact) mass is 463 g/mol. The van der Waals surface area contributed by atoms with Gasteiger partial charge in [0.05, 0.1) is 5.69 Å². The van der Waals surface area contributed by atoms with E-state index in [9.17, 15) is 0 Å². The molecule has 8 nitrogen and oxygen atoms in total. The molecule has 3 aromatic heterocycles. The smallest absolute Gasteiger partial charge is 0.220 e. The largest absolute Gasteiger partial charge is 0.472 e. The Bertz CT molecular complexity index is 1400. The summed E-state index contributed by atoms with van der Waals surface area (Å²) >= 11 is 0. The molecule has 0 spiro atoms. The highest BCUT2D eigenvalue weighted by molar-refractivity contribution is 5.80. The molecule has 0 unspecified atom stereocenters. The Labute approximate surface area is 203 Å². The van der Waals surface area contributed by atoms with E-state index in [4.69, 9.17) is 4.74 Å². The number of hydrogen-bond acceptors (Lipinski definition) is 7.